The van der Waals surface area contributed by atoms with Gasteiger partial charge in [-0.1, -0.05) is 0 Å². The van der Waals surface area contributed by atoms with Gasteiger partial charge in [0.2, 0.25) is 0 Å². The van der Waals surface area contributed by atoms with Crippen molar-refractivity contribution >= 4 is 11.8 Å². The lowest BCUT2D eigenvalue weighted by atomic mass is 9.96. The third-order valence-electron chi connectivity index (χ3n) is 3.67. The van der Waals surface area contributed by atoms with Gasteiger partial charge in [-0.2, -0.15) is 11.8 Å². The molecule has 0 aromatic carbocycles. The summed E-state index contributed by atoms with van der Waals surface area (Å²) in [5.41, 5.74) is 5.98. The van der Waals surface area contributed by atoms with Gasteiger partial charge in [0.05, 0.1) is 12.2 Å². The van der Waals surface area contributed by atoms with E-state index in [1.165, 1.54) is 17.9 Å². The molecule has 0 amide bonds. The summed E-state index contributed by atoms with van der Waals surface area (Å²) < 4.78 is 5.79. The maximum atomic E-state index is 5.98. The second kappa shape index (κ2) is 5.71. The van der Waals surface area contributed by atoms with Crippen molar-refractivity contribution < 1.29 is 4.74 Å². The molecule has 0 bridgehead atoms. The number of ether oxygens (including phenoxy) is 1. The SMILES string of the molecule is CC1CN(C(CN)C2CCSC2)CC(C)O1. The van der Waals surface area contributed by atoms with Crippen molar-refractivity contribution in [2.45, 2.75) is 38.5 Å². The predicted molar refractivity (Wildman–Crippen MR) is 69.9 cm³/mol. The van der Waals surface area contributed by atoms with Gasteiger partial charge in [0.1, 0.15) is 0 Å². The Kier molecular flexibility index (Phi) is 4.53. The summed E-state index contributed by atoms with van der Waals surface area (Å²) in [6.45, 7) is 7.23. The zero-order chi connectivity index (χ0) is 11.5. The van der Waals surface area contributed by atoms with E-state index in [2.05, 4.69) is 30.5 Å². The molecule has 4 unspecified atom stereocenters. The standard InChI is InChI=1S/C12H24N2OS/c1-9-6-14(7-10(2)15-9)12(5-13)11-3-4-16-8-11/h9-12H,3-8,13H2,1-2H3. The average molecular weight is 244 g/mol. The maximum absolute atomic E-state index is 5.98. The van der Waals surface area contributed by atoms with E-state index in [1.54, 1.807) is 0 Å². The lowest BCUT2D eigenvalue weighted by Crippen LogP contribution is -2.54. The molecule has 0 radical (unpaired) electrons. The Labute approximate surface area is 103 Å². The van der Waals surface area contributed by atoms with Crippen molar-refractivity contribution in [3.05, 3.63) is 0 Å². The fourth-order valence-corrected chi connectivity index (χ4v) is 4.31. The second-order valence-corrected chi connectivity index (χ2v) is 6.29. The van der Waals surface area contributed by atoms with E-state index in [4.69, 9.17) is 10.5 Å². The molecule has 2 N–H and O–H groups in total. The molecule has 0 spiro atoms. The highest BCUT2D eigenvalue weighted by atomic mass is 32.2. The minimum atomic E-state index is 0.354. The van der Waals surface area contributed by atoms with Gasteiger partial charge in [-0.3, -0.25) is 4.90 Å². The normalized spacial score (nSPS) is 38.8. The number of nitrogens with two attached hydrogens (primary N) is 1. The molecule has 2 aliphatic rings. The van der Waals surface area contributed by atoms with Crippen LogP contribution in [0, 0.1) is 5.92 Å². The van der Waals surface area contributed by atoms with Gasteiger partial charge >= 0.3 is 0 Å². The van der Waals surface area contributed by atoms with Crippen LogP contribution in [0.1, 0.15) is 20.3 Å². The molecular formula is C12H24N2OS. The Hall–Kier alpha value is 0.230. The van der Waals surface area contributed by atoms with Crippen molar-refractivity contribution in [1.29, 1.82) is 0 Å². The summed E-state index contributed by atoms with van der Waals surface area (Å²) in [4.78, 5) is 2.56. The number of nitrogens with zero attached hydrogens (tertiary/aromatic N) is 1. The Bertz CT molecular complexity index is 211. The zero-order valence-corrected chi connectivity index (χ0v) is 11.2. The summed E-state index contributed by atoms with van der Waals surface area (Å²) in [6.07, 6.45) is 2.05. The van der Waals surface area contributed by atoms with Gasteiger partial charge in [-0.15, -0.1) is 0 Å². The summed E-state index contributed by atoms with van der Waals surface area (Å²) in [5, 5.41) is 0. The van der Waals surface area contributed by atoms with Crippen LogP contribution in [0.3, 0.4) is 0 Å². The molecular weight excluding hydrogens is 220 g/mol. The summed E-state index contributed by atoms with van der Waals surface area (Å²) in [6, 6.07) is 0.573. The zero-order valence-electron chi connectivity index (χ0n) is 10.4. The van der Waals surface area contributed by atoms with E-state index in [1.807, 2.05) is 0 Å². The number of morpholine rings is 1. The molecule has 3 nitrogen and oxygen atoms in total. The Balaban J connectivity index is 1.96. The van der Waals surface area contributed by atoms with E-state index < -0.39 is 0 Å². The average Bonchev–Trinajstić information content (AvgIpc) is 2.70. The summed E-state index contributed by atoms with van der Waals surface area (Å²) >= 11 is 2.08. The molecule has 2 aliphatic heterocycles. The van der Waals surface area contributed by atoms with Crippen LogP contribution in [0.15, 0.2) is 0 Å². The predicted octanol–water partition coefficient (Wildman–Crippen LogP) is 1.18. The Morgan fingerprint density at radius 1 is 1.38 bits per heavy atom. The summed E-state index contributed by atoms with van der Waals surface area (Å²) in [7, 11) is 0. The van der Waals surface area contributed by atoms with Crippen molar-refractivity contribution in [2.24, 2.45) is 11.7 Å². The first kappa shape index (κ1) is 12.7. The highest BCUT2D eigenvalue weighted by molar-refractivity contribution is 7.99. The third kappa shape index (κ3) is 2.92. The van der Waals surface area contributed by atoms with Crippen molar-refractivity contribution in [1.82, 2.24) is 4.90 Å². The summed E-state index contributed by atoms with van der Waals surface area (Å²) in [5.74, 6) is 3.41. The topological polar surface area (TPSA) is 38.5 Å². The lowest BCUT2D eigenvalue weighted by molar-refractivity contribution is -0.0846. The molecule has 0 aromatic heterocycles. The number of thioether (sulfide) groups is 1. The molecule has 4 atom stereocenters. The van der Waals surface area contributed by atoms with Crippen LogP contribution in [0.25, 0.3) is 0 Å². The highest BCUT2D eigenvalue weighted by Crippen LogP contribution is 2.29. The molecule has 0 aliphatic carbocycles. The van der Waals surface area contributed by atoms with Crippen LogP contribution < -0.4 is 5.73 Å². The molecule has 2 saturated heterocycles. The Morgan fingerprint density at radius 2 is 2.06 bits per heavy atom. The molecule has 2 heterocycles. The van der Waals surface area contributed by atoms with Crippen LogP contribution in [0.5, 0.6) is 0 Å². The minimum absolute atomic E-state index is 0.354. The van der Waals surface area contributed by atoms with Crippen molar-refractivity contribution in [3.63, 3.8) is 0 Å². The monoisotopic (exact) mass is 244 g/mol. The van der Waals surface area contributed by atoms with Gasteiger partial charge < -0.3 is 10.5 Å². The quantitative estimate of drug-likeness (QED) is 0.809. The van der Waals surface area contributed by atoms with Crippen LogP contribution in [-0.4, -0.2) is 54.3 Å². The highest BCUT2D eigenvalue weighted by Gasteiger charge is 2.33. The molecule has 94 valence electrons. The first-order valence-electron chi connectivity index (χ1n) is 6.38. The number of rotatable bonds is 3. The van der Waals surface area contributed by atoms with E-state index >= 15 is 0 Å². The first-order valence-corrected chi connectivity index (χ1v) is 7.53. The van der Waals surface area contributed by atoms with Gasteiger partial charge in [-0.05, 0) is 37.7 Å². The third-order valence-corrected chi connectivity index (χ3v) is 4.86. The van der Waals surface area contributed by atoms with Gasteiger partial charge in [-0.25, -0.2) is 0 Å². The van der Waals surface area contributed by atoms with Gasteiger partial charge in [0.25, 0.3) is 0 Å². The molecule has 2 rings (SSSR count). The molecule has 0 aromatic rings. The van der Waals surface area contributed by atoms with E-state index in [0.29, 0.717) is 18.2 Å². The van der Waals surface area contributed by atoms with Gasteiger partial charge in [0.15, 0.2) is 0 Å². The smallest absolute Gasteiger partial charge is 0.0678 e. The number of hydrogen-bond donors (Lipinski definition) is 1. The molecule has 4 heteroatoms. The molecule has 2 fully saturated rings. The van der Waals surface area contributed by atoms with Crippen molar-refractivity contribution in [2.75, 3.05) is 31.1 Å². The maximum Gasteiger partial charge on any atom is 0.0678 e. The molecule has 16 heavy (non-hydrogen) atoms. The largest absolute Gasteiger partial charge is 0.373 e. The van der Waals surface area contributed by atoms with Crippen LogP contribution >= 0.6 is 11.8 Å². The second-order valence-electron chi connectivity index (χ2n) is 5.14. The van der Waals surface area contributed by atoms with Crippen LogP contribution in [0.2, 0.25) is 0 Å². The lowest BCUT2D eigenvalue weighted by Gasteiger charge is -2.42. The van der Waals surface area contributed by atoms with E-state index in [-0.39, 0.29) is 0 Å². The van der Waals surface area contributed by atoms with Crippen LogP contribution in [0.4, 0.5) is 0 Å². The fourth-order valence-electron chi connectivity index (χ4n) is 2.98. The minimum Gasteiger partial charge on any atom is -0.373 e. The van der Waals surface area contributed by atoms with Crippen molar-refractivity contribution in [3.8, 4) is 0 Å². The van der Waals surface area contributed by atoms with E-state index in [9.17, 15) is 0 Å². The molecule has 0 saturated carbocycles. The van der Waals surface area contributed by atoms with Crippen LogP contribution in [-0.2, 0) is 4.74 Å². The van der Waals surface area contributed by atoms with E-state index in [0.717, 1.165) is 25.6 Å². The van der Waals surface area contributed by atoms with Gasteiger partial charge in [0, 0.05) is 25.7 Å². The fraction of sp³-hybridized carbons (Fsp3) is 1.00. The Morgan fingerprint density at radius 3 is 2.56 bits per heavy atom. The number of hydrogen-bond acceptors (Lipinski definition) is 4. The first-order chi connectivity index (χ1) is 7.70.